The maximum Gasteiger partial charge on any atom is 0.418 e. The van der Waals surface area contributed by atoms with Gasteiger partial charge in [-0.15, -0.1) is 0 Å². The SMILES string of the molecule is CNC(=O)Nc1ccc2c(c1)CC[C@@]21OC(=O)N(CC(=O)N2C3CCC2CC3)C1=O. The number of carbonyl (C=O) groups is 4. The third kappa shape index (κ3) is 2.68. The van der Waals surface area contributed by atoms with Gasteiger partial charge in [0.1, 0.15) is 6.54 Å². The van der Waals surface area contributed by atoms with Gasteiger partial charge in [-0.1, -0.05) is 6.07 Å². The monoisotopic (exact) mass is 412 g/mol. The van der Waals surface area contributed by atoms with Crippen molar-refractivity contribution in [1.82, 2.24) is 15.1 Å². The van der Waals surface area contributed by atoms with Crippen LogP contribution in [0, 0.1) is 0 Å². The van der Waals surface area contributed by atoms with E-state index in [-0.39, 0.29) is 30.6 Å². The van der Waals surface area contributed by atoms with Gasteiger partial charge in [0.15, 0.2) is 0 Å². The number of rotatable bonds is 3. The fourth-order valence-corrected chi connectivity index (χ4v) is 5.46. The first-order chi connectivity index (χ1) is 14.4. The number of anilines is 1. The standard InChI is InChI=1S/C21H24N4O5/c1-22-19(28)23-13-2-7-16-12(10-13)8-9-21(16)18(27)24(20(29)30-21)11-17(26)25-14-3-4-15(25)6-5-14/h2,7,10,14-15H,3-6,8-9,11H2,1H3,(H2,22,23,28)/t14?,15?,21-/m1/s1. The Bertz CT molecular complexity index is 943. The highest BCUT2D eigenvalue weighted by atomic mass is 16.6. The Labute approximate surface area is 173 Å². The van der Waals surface area contributed by atoms with E-state index in [4.69, 9.17) is 4.74 Å². The molecule has 158 valence electrons. The van der Waals surface area contributed by atoms with Gasteiger partial charge in [0.05, 0.1) is 0 Å². The summed E-state index contributed by atoms with van der Waals surface area (Å²) in [7, 11) is 1.53. The van der Waals surface area contributed by atoms with Crippen molar-refractivity contribution in [2.45, 2.75) is 56.2 Å². The zero-order valence-electron chi connectivity index (χ0n) is 16.8. The molecule has 3 aliphatic heterocycles. The van der Waals surface area contributed by atoms with Gasteiger partial charge in [0.2, 0.25) is 11.5 Å². The van der Waals surface area contributed by atoms with Gasteiger partial charge in [-0.25, -0.2) is 14.5 Å². The van der Waals surface area contributed by atoms with Gasteiger partial charge < -0.3 is 20.3 Å². The molecular weight excluding hydrogens is 388 g/mol. The summed E-state index contributed by atoms with van der Waals surface area (Å²) in [5.41, 5.74) is 0.691. The van der Waals surface area contributed by atoms with Crippen LogP contribution in [0.15, 0.2) is 18.2 Å². The molecule has 2 N–H and O–H groups in total. The first-order valence-corrected chi connectivity index (χ1v) is 10.4. The fraction of sp³-hybridized carbons (Fsp3) is 0.524. The van der Waals surface area contributed by atoms with Crippen molar-refractivity contribution in [3.63, 3.8) is 0 Å². The number of imide groups is 1. The number of fused-ring (bicyclic) bond motifs is 4. The number of nitrogens with one attached hydrogen (secondary N) is 2. The van der Waals surface area contributed by atoms with Crippen LogP contribution in [0.3, 0.4) is 0 Å². The molecule has 1 atom stereocenters. The van der Waals surface area contributed by atoms with E-state index in [9.17, 15) is 19.2 Å². The third-order valence-corrected chi connectivity index (χ3v) is 6.88. The largest absolute Gasteiger partial charge is 0.427 e. The predicted octanol–water partition coefficient (Wildman–Crippen LogP) is 1.71. The summed E-state index contributed by atoms with van der Waals surface area (Å²) < 4.78 is 5.60. The minimum Gasteiger partial charge on any atom is -0.427 e. The van der Waals surface area contributed by atoms with Crippen LogP contribution in [0.25, 0.3) is 0 Å². The van der Waals surface area contributed by atoms with E-state index >= 15 is 0 Å². The summed E-state index contributed by atoms with van der Waals surface area (Å²) in [5.74, 6) is -0.649. The highest BCUT2D eigenvalue weighted by molar-refractivity contribution is 6.06. The second-order valence-corrected chi connectivity index (χ2v) is 8.43. The summed E-state index contributed by atoms with van der Waals surface area (Å²) in [6.45, 7) is -0.266. The molecule has 3 fully saturated rings. The minimum atomic E-state index is -1.37. The zero-order chi connectivity index (χ0) is 21.0. The Hall–Kier alpha value is -3.10. The Morgan fingerprint density at radius 1 is 1.17 bits per heavy atom. The number of hydrogen-bond donors (Lipinski definition) is 2. The van der Waals surface area contributed by atoms with Crippen LogP contribution in [0.5, 0.6) is 0 Å². The summed E-state index contributed by atoms with van der Waals surface area (Å²) in [5, 5.41) is 5.18. The molecule has 9 heteroatoms. The van der Waals surface area contributed by atoms with Crippen LogP contribution in [0.2, 0.25) is 0 Å². The van der Waals surface area contributed by atoms with Crippen molar-refractivity contribution in [3.8, 4) is 0 Å². The predicted molar refractivity (Wildman–Crippen MR) is 106 cm³/mol. The van der Waals surface area contributed by atoms with E-state index in [0.29, 0.717) is 24.1 Å². The molecule has 1 aliphatic carbocycles. The fourth-order valence-electron chi connectivity index (χ4n) is 5.46. The molecule has 3 saturated heterocycles. The van der Waals surface area contributed by atoms with Crippen LogP contribution in [0.4, 0.5) is 15.3 Å². The number of urea groups is 1. The minimum absolute atomic E-state index is 0.175. The topological polar surface area (TPSA) is 108 Å². The number of aryl methyl sites for hydroxylation is 1. The maximum absolute atomic E-state index is 13.3. The molecular formula is C21H24N4O5. The Morgan fingerprint density at radius 3 is 2.53 bits per heavy atom. The molecule has 9 nitrogen and oxygen atoms in total. The first-order valence-electron chi connectivity index (χ1n) is 10.4. The van der Waals surface area contributed by atoms with Crippen molar-refractivity contribution >= 4 is 29.6 Å². The van der Waals surface area contributed by atoms with Gasteiger partial charge >= 0.3 is 12.1 Å². The third-order valence-electron chi connectivity index (χ3n) is 6.88. The van der Waals surface area contributed by atoms with E-state index in [1.54, 1.807) is 18.2 Å². The van der Waals surface area contributed by atoms with Crippen molar-refractivity contribution in [3.05, 3.63) is 29.3 Å². The van der Waals surface area contributed by atoms with Gasteiger partial charge in [0.25, 0.3) is 5.91 Å². The lowest BCUT2D eigenvalue weighted by molar-refractivity contribution is -0.142. The van der Waals surface area contributed by atoms with Crippen molar-refractivity contribution in [2.75, 3.05) is 18.9 Å². The highest BCUT2D eigenvalue weighted by Gasteiger charge is 2.58. The number of benzene rings is 1. The molecule has 1 aromatic carbocycles. The van der Waals surface area contributed by atoms with Crippen molar-refractivity contribution in [2.24, 2.45) is 0 Å². The first kappa shape index (κ1) is 18.9. The van der Waals surface area contributed by atoms with Crippen molar-refractivity contribution < 1.29 is 23.9 Å². The smallest absolute Gasteiger partial charge is 0.418 e. The second-order valence-electron chi connectivity index (χ2n) is 8.43. The summed E-state index contributed by atoms with van der Waals surface area (Å²) >= 11 is 0. The van der Waals surface area contributed by atoms with Crippen LogP contribution in [0.1, 0.15) is 43.2 Å². The molecule has 2 bridgehead atoms. The number of ether oxygens (including phenoxy) is 1. The number of amides is 5. The maximum atomic E-state index is 13.3. The van der Waals surface area contributed by atoms with E-state index in [1.165, 1.54) is 7.05 Å². The zero-order valence-corrected chi connectivity index (χ0v) is 16.8. The van der Waals surface area contributed by atoms with Crippen LogP contribution in [-0.2, 0) is 26.3 Å². The normalized spacial score (nSPS) is 28.8. The molecule has 0 radical (unpaired) electrons. The second kappa shape index (κ2) is 6.72. The summed E-state index contributed by atoms with van der Waals surface area (Å²) in [6, 6.07) is 5.32. The van der Waals surface area contributed by atoms with Gasteiger partial charge in [-0.3, -0.25) is 9.59 Å². The molecule has 1 aromatic rings. The van der Waals surface area contributed by atoms with Gasteiger partial charge in [-0.05, 0) is 49.8 Å². The lowest BCUT2D eigenvalue weighted by Crippen LogP contribution is -2.46. The molecule has 0 saturated carbocycles. The average molecular weight is 412 g/mol. The Balaban J connectivity index is 1.36. The molecule has 30 heavy (non-hydrogen) atoms. The van der Waals surface area contributed by atoms with Crippen molar-refractivity contribution in [1.29, 1.82) is 0 Å². The summed E-state index contributed by atoms with van der Waals surface area (Å²) in [4.78, 5) is 53.1. The molecule has 0 unspecified atom stereocenters. The van der Waals surface area contributed by atoms with E-state index < -0.39 is 17.6 Å². The van der Waals surface area contributed by atoms with Gasteiger partial charge in [-0.2, -0.15) is 0 Å². The summed E-state index contributed by atoms with van der Waals surface area (Å²) in [6.07, 6.45) is 4.10. The van der Waals surface area contributed by atoms with Crippen LogP contribution in [-0.4, -0.2) is 59.4 Å². The number of nitrogens with zero attached hydrogens (tertiary/aromatic N) is 2. The Kier molecular flexibility index (Phi) is 4.23. The number of carbonyl (C=O) groups excluding carboxylic acids is 4. The van der Waals surface area contributed by atoms with Gasteiger partial charge in [0, 0.05) is 36.8 Å². The molecule has 5 amide bonds. The van der Waals surface area contributed by atoms with E-state index in [2.05, 4.69) is 10.6 Å². The quantitative estimate of drug-likeness (QED) is 0.786. The van der Waals surface area contributed by atoms with Crippen LogP contribution < -0.4 is 10.6 Å². The van der Waals surface area contributed by atoms with E-state index in [0.717, 1.165) is 36.1 Å². The number of hydrogen-bond acceptors (Lipinski definition) is 5. The molecule has 3 heterocycles. The molecule has 1 spiro atoms. The lowest BCUT2D eigenvalue weighted by Gasteiger charge is -2.24. The highest BCUT2D eigenvalue weighted by Crippen LogP contribution is 2.46. The Morgan fingerprint density at radius 2 is 1.87 bits per heavy atom. The molecule has 0 aromatic heterocycles. The molecule has 4 aliphatic rings. The average Bonchev–Trinajstić information content (AvgIpc) is 3.48. The van der Waals surface area contributed by atoms with E-state index in [1.807, 2.05) is 4.90 Å². The van der Waals surface area contributed by atoms with Crippen LogP contribution >= 0.6 is 0 Å². The molecule has 5 rings (SSSR count). The lowest BCUT2D eigenvalue weighted by atomic mass is 9.94.